The molecule has 0 aliphatic carbocycles. The van der Waals surface area contributed by atoms with Crippen molar-refractivity contribution in [2.75, 3.05) is 7.11 Å². The Morgan fingerprint density at radius 2 is 2.08 bits per heavy atom. The number of hydrogen-bond donors (Lipinski definition) is 0. The molecule has 0 fully saturated rings. The topological polar surface area (TPSA) is 9.23 Å². The number of ether oxygens (including phenoxy) is 1. The fourth-order valence-electron chi connectivity index (χ4n) is 0.824. The van der Waals surface area contributed by atoms with Gasteiger partial charge in [0, 0.05) is 0 Å². The maximum absolute atomic E-state index is 5.73. The molecule has 1 rings (SSSR count). The summed E-state index contributed by atoms with van der Waals surface area (Å²) in [6.07, 6.45) is 0. The summed E-state index contributed by atoms with van der Waals surface area (Å²) < 4.78 is 5.98. The van der Waals surface area contributed by atoms with E-state index in [1.807, 2.05) is 18.2 Å². The van der Waals surface area contributed by atoms with Gasteiger partial charge in [-0.1, -0.05) is 0 Å². The van der Waals surface area contributed by atoms with E-state index in [9.17, 15) is 0 Å². The molecule has 1 nitrogen and oxygen atoms in total. The molecule has 0 aliphatic rings. The number of halogens is 2. The van der Waals surface area contributed by atoms with Crippen molar-refractivity contribution < 1.29 is 4.74 Å². The van der Waals surface area contributed by atoms with E-state index >= 15 is 0 Å². The first-order valence-corrected chi connectivity index (χ1v) is 5.01. The van der Waals surface area contributed by atoms with Gasteiger partial charge in [-0.25, -0.2) is 0 Å². The van der Waals surface area contributed by atoms with Crippen LogP contribution in [0.5, 0.6) is 5.75 Å². The zero-order valence-corrected chi connectivity index (χ0v) is 9.61. The van der Waals surface area contributed by atoms with E-state index in [1.165, 1.54) is 0 Å². The monoisotopic (exact) mass is 269 g/mol. The van der Waals surface area contributed by atoms with Gasteiger partial charge < -0.3 is 0 Å². The molecular formula is C8H7Cl2OSe. The molecule has 0 aromatic heterocycles. The Hall–Kier alpha value is 0.119. The predicted octanol–water partition coefficient (Wildman–Crippen LogP) is 1.97. The number of alkyl halides is 2. The van der Waals surface area contributed by atoms with Crippen LogP contribution in [0.25, 0.3) is 0 Å². The van der Waals surface area contributed by atoms with E-state index < -0.39 is 4.84 Å². The van der Waals surface area contributed by atoms with Gasteiger partial charge in [0.15, 0.2) is 0 Å². The zero-order chi connectivity index (χ0) is 9.14. The second kappa shape index (κ2) is 4.38. The molecule has 1 aromatic rings. The van der Waals surface area contributed by atoms with Gasteiger partial charge in [0.05, 0.1) is 0 Å². The molecule has 0 unspecified atom stereocenters. The molecular weight excluding hydrogens is 262 g/mol. The minimum absolute atomic E-state index is 0.517. The summed E-state index contributed by atoms with van der Waals surface area (Å²) >= 11 is 14.3. The third-order valence-corrected chi connectivity index (χ3v) is 2.70. The van der Waals surface area contributed by atoms with Gasteiger partial charge >= 0.3 is 89.9 Å². The molecule has 0 aliphatic heterocycles. The van der Waals surface area contributed by atoms with Gasteiger partial charge in [-0.3, -0.25) is 0 Å². The average Bonchev–Trinajstić information content (AvgIpc) is 2.05. The Bertz CT molecular complexity index is 276. The molecule has 4 heteroatoms. The zero-order valence-electron chi connectivity index (χ0n) is 6.38. The second-order valence-corrected chi connectivity index (χ2v) is 4.22. The van der Waals surface area contributed by atoms with Crippen LogP contribution >= 0.6 is 23.2 Å². The van der Waals surface area contributed by atoms with E-state index in [0.717, 1.165) is 15.8 Å². The molecule has 0 heterocycles. The summed E-state index contributed by atoms with van der Waals surface area (Å²) in [5.74, 6) is 0.760. The van der Waals surface area contributed by atoms with E-state index in [4.69, 9.17) is 27.9 Å². The first-order valence-electron chi connectivity index (χ1n) is 3.28. The van der Waals surface area contributed by atoms with Crippen molar-refractivity contribution in [2.24, 2.45) is 0 Å². The van der Waals surface area contributed by atoms with Crippen molar-refractivity contribution in [1.29, 1.82) is 0 Å². The average molecular weight is 269 g/mol. The van der Waals surface area contributed by atoms with Gasteiger partial charge in [0.25, 0.3) is 0 Å². The van der Waals surface area contributed by atoms with E-state index in [-0.39, 0.29) is 0 Å². The van der Waals surface area contributed by atoms with Crippen molar-refractivity contribution in [2.45, 2.75) is 4.84 Å². The third kappa shape index (κ3) is 2.30. The van der Waals surface area contributed by atoms with Crippen molar-refractivity contribution in [3.63, 3.8) is 0 Å². The van der Waals surface area contributed by atoms with E-state index in [1.54, 1.807) is 7.11 Å². The number of hydrogen-bond acceptors (Lipinski definition) is 1. The fraction of sp³-hybridized carbons (Fsp3) is 0.250. The standard InChI is InChI=1S/C8H7Cl2OSe/c1-11-5-2-3-7(12)6(4-5)8(9)10/h2-4,8H,1H3. The molecule has 0 atom stereocenters. The van der Waals surface area contributed by atoms with Crippen LogP contribution in [0.3, 0.4) is 0 Å². The molecule has 0 amide bonds. The Morgan fingerprint density at radius 1 is 1.42 bits per heavy atom. The van der Waals surface area contributed by atoms with Crippen molar-refractivity contribution in [3.05, 3.63) is 23.8 Å². The van der Waals surface area contributed by atoms with Crippen LogP contribution in [0.15, 0.2) is 18.2 Å². The minimum atomic E-state index is -0.517. The molecule has 1 aromatic carbocycles. The third-order valence-electron chi connectivity index (χ3n) is 1.45. The van der Waals surface area contributed by atoms with Crippen LogP contribution in [-0.4, -0.2) is 23.1 Å². The second-order valence-electron chi connectivity index (χ2n) is 2.20. The molecule has 1 radical (unpaired) electrons. The van der Waals surface area contributed by atoms with E-state index in [0.29, 0.717) is 0 Å². The van der Waals surface area contributed by atoms with Crippen LogP contribution in [0.4, 0.5) is 0 Å². The Balaban J connectivity index is 3.08. The van der Waals surface area contributed by atoms with Crippen molar-refractivity contribution >= 4 is 43.7 Å². The van der Waals surface area contributed by atoms with Crippen LogP contribution in [-0.2, 0) is 0 Å². The van der Waals surface area contributed by atoms with Gasteiger partial charge in [0.1, 0.15) is 0 Å². The van der Waals surface area contributed by atoms with Crippen LogP contribution in [0.2, 0.25) is 0 Å². The molecule has 0 spiro atoms. The van der Waals surface area contributed by atoms with Crippen molar-refractivity contribution in [3.8, 4) is 5.75 Å². The molecule has 0 bridgehead atoms. The van der Waals surface area contributed by atoms with Gasteiger partial charge in [-0.05, 0) is 0 Å². The normalized spacial score (nSPS) is 10.3. The quantitative estimate of drug-likeness (QED) is 0.589. The van der Waals surface area contributed by atoms with Gasteiger partial charge in [-0.2, -0.15) is 0 Å². The van der Waals surface area contributed by atoms with Crippen LogP contribution < -0.4 is 9.20 Å². The number of rotatable bonds is 2. The van der Waals surface area contributed by atoms with Gasteiger partial charge in [0.2, 0.25) is 0 Å². The summed E-state index contributed by atoms with van der Waals surface area (Å²) in [7, 11) is 1.61. The SMILES string of the molecule is COc1ccc([Se])c(C(Cl)Cl)c1. The first kappa shape index (κ1) is 10.2. The first-order chi connectivity index (χ1) is 5.65. The van der Waals surface area contributed by atoms with E-state index in [2.05, 4.69) is 16.0 Å². The summed E-state index contributed by atoms with van der Waals surface area (Å²) in [5.41, 5.74) is 0.845. The Kier molecular flexibility index (Phi) is 3.73. The molecule has 0 saturated heterocycles. The maximum atomic E-state index is 5.73. The van der Waals surface area contributed by atoms with Crippen LogP contribution in [0.1, 0.15) is 10.4 Å². The fourth-order valence-corrected chi connectivity index (χ4v) is 1.99. The summed E-state index contributed by atoms with van der Waals surface area (Å²) in [6.45, 7) is 0. The Labute approximate surface area is 89.8 Å². The molecule has 0 saturated carbocycles. The van der Waals surface area contributed by atoms with Gasteiger partial charge in [-0.15, -0.1) is 0 Å². The summed E-state index contributed by atoms with van der Waals surface area (Å²) in [5, 5.41) is 0. The summed E-state index contributed by atoms with van der Waals surface area (Å²) in [4.78, 5) is -0.517. The predicted molar refractivity (Wildman–Crippen MR) is 52.8 cm³/mol. The molecule has 12 heavy (non-hydrogen) atoms. The molecule has 65 valence electrons. The summed E-state index contributed by atoms with van der Waals surface area (Å²) in [6, 6.07) is 5.55. The van der Waals surface area contributed by atoms with Crippen LogP contribution in [0, 0.1) is 0 Å². The number of methoxy groups -OCH3 is 1. The number of benzene rings is 1. The van der Waals surface area contributed by atoms with Crippen molar-refractivity contribution in [1.82, 2.24) is 0 Å². The Morgan fingerprint density at radius 3 is 2.58 bits per heavy atom. The molecule has 0 N–H and O–H groups in total.